The molecule has 27 heavy (non-hydrogen) atoms. The highest BCUT2D eigenvalue weighted by Gasteiger charge is 2.58. The number of rotatable bonds is 4. The van der Waals surface area contributed by atoms with Crippen LogP contribution in [-0.2, 0) is 4.74 Å². The first kappa shape index (κ1) is 18.6. The third-order valence-electron chi connectivity index (χ3n) is 6.59. The molecule has 2 aliphatic heterocycles. The van der Waals surface area contributed by atoms with E-state index in [2.05, 4.69) is 66.6 Å². The first-order valence-electron chi connectivity index (χ1n) is 10.6. The number of benzene rings is 1. The van der Waals surface area contributed by atoms with Crippen LogP contribution in [-0.4, -0.2) is 50.4 Å². The second-order valence-corrected chi connectivity index (χ2v) is 8.78. The number of hydrogen-bond acceptors (Lipinski definition) is 3. The quantitative estimate of drug-likeness (QED) is 0.632. The van der Waals surface area contributed by atoms with E-state index in [-0.39, 0.29) is 5.41 Å². The standard InChI is InChI=1S/C22H34N4O/c1-4-23-21(25-19-18-11-8-14-27-20(18)22(19,2)3)24-16-12-13-26(15-16)17-9-6-5-7-10-17/h5-7,9-10,16,18-20H,4,8,11-15H2,1-3H3,(H2,23,24,25). The van der Waals surface area contributed by atoms with Crippen molar-refractivity contribution in [2.75, 3.05) is 31.1 Å². The van der Waals surface area contributed by atoms with Gasteiger partial charge in [-0.15, -0.1) is 0 Å². The molecule has 0 radical (unpaired) electrons. The molecule has 1 aromatic carbocycles. The number of hydrogen-bond donors (Lipinski definition) is 2. The Morgan fingerprint density at radius 2 is 2.04 bits per heavy atom. The lowest BCUT2D eigenvalue weighted by atomic mass is 9.55. The minimum absolute atomic E-state index is 0.160. The Hall–Kier alpha value is -1.75. The molecule has 1 aromatic rings. The van der Waals surface area contributed by atoms with Crippen LogP contribution < -0.4 is 15.5 Å². The number of ether oxygens (including phenoxy) is 1. The van der Waals surface area contributed by atoms with Gasteiger partial charge in [-0.25, -0.2) is 0 Å². The Labute approximate surface area is 163 Å². The molecule has 1 saturated carbocycles. The van der Waals surface area contributed by atoms with Crippen LogP contribution in [0.5, 0.6) is 0 Å². The summed E-state index contributed by atoms with van der Waals surface area (Å²) in [7, 11) is 0. The van der Waals surface area contributed by atoms with Crippen molar-refractivity contribution in [2.45, 2.75) is 58.2 Å². The van der Waals surface area contributed by atoms with E-state index in [0.717, 1.165) is 38.6 Å². The normalized spacial score (nSPS) is 32.6. The van der Waals surface area contributed by atoms with Crippen molar-refractivity contribution < 1.29 is 4.74 Å². The van der Waals surface area contributed by atoms with E-state index < -0.39 is 0 Å². The summed E-state index contributed by atoms with van der Waals surface area (Å²) in [5.74, 6) is 1.58. The molecule has 1 aliphatic carbocycles. The number of para-hydroxylation sites is 1. The summed E-state index contributed by atoms with van der Waals surface area (Å²) >= 11 is 0. The summed E-state index contributed by atoms with van der Waals surface area (Å²) in [6.45, 7) is 10.6. The first-order chi connectivity index (χ1) is 13.1. The van der Waals surface area contributed by atoms with Crippen LogP contribution in [0, 0.1) is 11.3 Å². The van der Waals surface area contributed by atoms with Gasteiger partial charge in [0, 0.05) is 55.3 Å². The van der Waals surface area contributed by atoms with Crippen LogP contribution in [0.25, 0.3) is 0 Å². The van der Waals surface area contributed by atoms with E-state index in [1.54, 1.807) is 0 Å². The minimum atomic E-state index is 0.160. The molecule has 3 fully saturated rings. The van der Waals surface area contributed by atoms with E-state index in [9.17, 15) is 0 Å². The van der Waals surface area contributed by atoms with Crippen LogP contribution >= 0.6 is 0 Å². The van der Waals surface area contributed by atoms with E-state index in [1.807, 2.05) is 0 Å². The molecular formula is C22H34N4O. The summed E-state index contributed by atoms with van der Waals surface area (Å²) in [6.07, 6.45) is 3.98. The summed E-state index contributed by atoms with van der Waals surface area (Å²) in [5, 5.41) is 7.47. The highest BCUT2D eigenvalue weighted by Crippen LogP contribution is 2.51. The van der Waals surface area contributed by atoms with Crippen molar-refractivity contribution in [3.8, 4) is 0 Å². The summed E-state index contributed by atoms with van der Waals surface area (Å²) in [6, 6.07) is 11.6. The van der Waals surface area contributed by atoms with Crippen molar-refractivity contribution >= 4 is 11.6 Å². The van der Waals surface area contributed by atoms with Gasteiger partial charge in [0.25, 0.3) is 0 Å². The molecule has 5 nitrogen and oxygen atoms in total. The second kappa shape index (κ2) is 7.70. The van der Waals surface area contributed by atoms with Crippen LogP contribution in [0.3, 0.4) is 0 Å². The molecule has 2 N–H and O–H groups in total. The topological polar surface area (TPSA) is 48.9 Å². The molecule has 0 spiro atoms. The predicted octanol–water partition coefficient (Wildman–Crippen LogP) is 3.02. The van der Waals surface area contributed by atoms with Crippen molar-refractivity contribution in [3.63, 3.8) is 0 Å². The number of nitrogens with zero attached hydrogens (tertiary/aromatic N) is 2. The average molecular weight is 371 g/mol. The van der Waals surface area contributed by atoms with Gasteiger partial charge >= 0.3 is 0 Å². The Morgan fingerprint density at radius 1 is 1.22 bits per heavy atom. The van der Waals surface area contributed by atoms with Crippen molar-refractivity contribution in [2.24, 2.45) is 16.3 Å². The largest absolute Gasteiger partial charge is 0.377 e. The molecular weight excluding hydrogens is 336 g/mol. The Balaban J connectivity index is 1.37. The van der Waals surface area contributed by atoms with Crippen LogP contribution in [0.15, 0.2) is 35.3 Å². The van der Waals surface area contributed by atoms with Gasteiger partial charge in [0.1, 0.15) is 0 Å². The second-order valence-electron chi connectivity index (χ2n) is 8.78. The summed E-state index contributed by atoms with van der Waals surface area (Å²) in [4.78, 5) is 7.20. The lowest BCUT2D eigenvalue weighted by molar-refractivity contribution is -0.188. The van der Waals surface area contributed by atoms with Gasteiger partial charge in [-0.1, -0.05) is 32.0 Å². The average Bonchev–Trinajstić information content (AvgIpc) is 3.15. The van der Waals surface area contributed by atoms with Gasteiger partial charge in [0.15, 0.2) is 5.96 Å². The fourth-order valence-corrected chi connectivity index (χ4v) is 5.20. The number of guanidine groups is 1. The predicted molar refractivity (Wildman–Crippen MR) is 111 cm³/mol. The number of nitrogens with one attached hydrogen (secondary N) is 2. The molecule has 4 unspecified atom stereocenters. The molecule has 148 valence electrons. The zero-order chi connectivity index (χ0) is 18.9. The van der Waals surface area contributed by atoms with E-state index in [0.29, 0.717) is 24.1 Å². The van der Waals surface area contributed by atoms with Crippen molar-refractivity contribution in [3.05, 3.63) is 30.3 Å². The van der Waals surface area contributed by atoms with Gasteiger partial charge in [0.2, 0.25) is 0 Å². The molecule has 4 atom stereocenters. The zero-order valence-electron chi connectivity index (χ0n) is 16.9. The molecule has 0 amide bonds. The first-order valence-corrected chi connectivity index (χ1v) is 10.6. The maximum absolute atomic E-state index is 6.05. The molecule has 3 aliphatic rings. The summed E-state index contributed by atoms with van der Waals surface area (Å²) in [5.41, 5.74) is 1.47. The molecule has 0 bridgehead atoms. The van der Waals surface area contributed by atoms with Crippen LogP contribution in [0.4, 0.5) is 5.69 Å². The fraction of sp³-hybridized carbons (Fsp3) is 0.682. The van der Waals surface area contributed by atoms with E-state index >= 15 is 0 Å². The Kier molecular flexibility index (Phi) is 5.31. The molecule has 0 aromatic heterocycles. The number of aliphatic imine (C=N–C) groups is 1. The van der Waals surface area contributed by atoms with Gasteiger partial charge < -0.3 is 20.3 Å². The molecule has 2 heterocycles. The molecule has 4 rings (SSSR count). The zero-order valence-corrected chi connectivity index (χ0v) is 16.9. The van der Waals surface area contributed by atoms with Gasteiger partial charge in [-0.05, 0) is 38.3 Å². The highest BCUT2D eigenvalue weighted by molar-refractivity contribution is 5.81. The Bertz CT molecular complexity index is 660. The van der Waals surface area contributed by atoms with Crippen molar-refractivity contribution in [1.82, 2.24) is 10.6 Å². The maximum Gasteiger partial charge on any atom is 0.191 e. The van der Waals surface area contributed by atoms with E-state index in [4.69, 9.17) is 9.73 Å². The SMILES string of the molecule is CCN=C(NC1CCN(c2ccccc2)C1)NC1C2CCCOC2C1(C)C. The summed E-state index contributed by atoms with van der Waals surface area (Å²) < 4.78 is 6.05. The lowest BCUT2D eigenvalue weighted by Crippen LogP contribution is -2.71. The Morgan fingerprint density at radius 3 is 2.81 bits per heavy atom. The smallest absolute Gasteiger partial charge is 0.191 e. The monoisotopic (exact) mass is 370 g/mol. The number of fused-ring (bicyclic) bond motifs is 1. The van der Waals surface area contributed by atoms with Gasteiger partial charge in [0.05, 0.1) is 6.10 Å². The highest BCUT2D eigenvalue weighted by atomic mass is 16.5. The third-order valence-corrected chi connectivity index (χ3v) is 6.59. The molecule has 2 saturated heterocycles. The maximum atomic E-state index is 6.05. The van der Waals surface area contributed by atoms with Crippen molar-refractivity contribution in [1.29, 1.82) is 0 Å². The van der Waals surface area contributed by atoms with Crippen LogP contribution in [0.2, 0.25) is 0 Å². The van der Waals surface area contributed by atoms with Gasteiger partial charge in [-0.2, -0.15) is 0 Å². The third kappa shape index (κ3) is 3.66. The molecule has 5 heteroatoms. The van der Waals surface area contributed by atoms with E-state index in [1.165, 1.54) is 18.5 Å². The minimum Gasteiger partial charge on any atom is -0.377 e. The lowest BCUT2D eigenvalue weighted by Gasteiger charge is -2.60. The fourth-order valence-electron chi connectivity index (χ4n) is 5.20. The van der Waals surface area contributed by atoms with Crippen LogP contribution in [0.1, 0.15) is 40.0 Å². The number of anilines is 1. The van der Waals surface area contributed by atoms with Gasteiger partial charge in [-0.3, -0.25) is 4.99 Å².